The lowest BCUT2D eigenvalue weighted by Gasteiger charge is -2.18. The van der Waals surface area contributed by atoms with E-state index in [1.807, 2.05) is 32.9 Å². The Labute approximate surface area is 141 Å². The fourth-order valence-electron chi connectivity index (χ4n) is 2.44. The molecule has 3 N–H and O–H groups in total. The summed E-state index contributed by atoms with van der Waals surface area (Å²) in [5.74, 6) is 0.490. The summed E-state index contributed by atoms with van der Waals surface area (Å²) in [5.41, 5.74) is 6.79. The van der Waals surface area contributed by atoms with Crippen molar-refractivity contribution >= 4 is 16.9 Å². The Balaban J connectivity index is 2.18. The Hall–Kier alpha value is -2.34. The summed E-state index contributed by atoms with van der Waals surface area (Å²) in [5, 5.41) is 3.61. The number of carbonyl (C=O) groups is 1. The molecule has 0 saturated carbocycles. The van der Waals surface area contributed by atoms with Crippen molar-refractivity contribution in [3.05, 3.63) is 39.7 Å². The molecule has 2 aromatic rings. The van der Waals surface area contributed by atoms with Crippen molar-refractivity contribution in [2.75, 3.05) is 13.7 Å². The van der Waals surface area contributed by atoms with E-state index in [0.717, 1.165) is 10.9 Å². The highest BCUT2D eigenvalue weighted by atomic mass is 16.5. The molecule has 0 aliphatic heterocycles. The van der Waals surface area contributed by atoms with Gasteiger partial charge in [-0.25, -0.2) is 4.79 Å². The van der Waals surface area contributed by atoms with Crippen LogP contribution in [0, 0.1) is 6.92 Å². The summed E-state index contributed by atoms with van der Waals surface area (Å²) in [6.07, 6.45) is 0.538. The second-order valence-electron chi connectivity index (χ2n) is 6.62. The van der Waals surface area contributed by atoms with Gasteiger partial charge in [-0.3, -0.25) is 4.79 Å². The first-order chi connectivity index (χ1) is 11.2. The molecule has 0 aliphatic rings. The standard InChI is InChI=1S/C18H24N2O4/c1-11-13-6-5-12(23-4)9-15(13)24-17(22)14(11)7-8-16(21)20-10-18(2,3)19/h5-6,9H,7-8,10,19H2,1-4H3,(H,20,21). The largest absolute Gasteiger partial charge is 0.497 e. The summed E-state index contributed by atoms with van der Waals surface area (Å²) in [7, 11) is 1.56. The van der Waals surface area contributed by atoms with Crippen LogP contribution < -0.4 is 21.4 Å². The molecule has 0 radical (unpaired) electrons. The van der Waals surface area contributed by atoms with Gasteiger partial charge in [-0.05, 0) is 44.9 Å². The van der Waals surface area contributed by atoms with Crippen molar-refractivity contribution in [1.82, 2.24) is 5.32 Å². The molecule has 0 unspecified atom stereocenters. The minimum Gasteiger partial charge on any atom is -0.497 e. The first kappa shape index (κ1) is 18.0. The molecule has 6 nitrogen and oxygen atoms in total. The third kappa shape index (κ3) is 4.35. The van der Waals surface area contributed by atoms with Crippen molar-refractivity contribution in [2.45, 2.75) is 39.2 Å². The maximum absolute atomic E-state index is 12.2. The lowest BCUT2D eigenvalue weighted by molar-refractivity contribution is -0.121. The van der Waals surface area contributed by atoms with E-state index >= 15 is 0 Å². The summed E-state index contributed by atoms with van der Waals surface area (Å²) in [6, 6.07) is 5.35. The van der Waals surface area contributed by atoms with E-state index in [9.17, 15) is 9.59 Å². The third-order valence-corrected chi connectivity index (χ3v) is 3.84. The highest BCUT2D eigenvalue weighted by molar-refractivity contribution is 5.82. The molecule has 1 aromatic heterocycles. The second kappa shape index (κ2) is 7.05. The van der Waals surface area contributed by atoms with Crippen molar-refractivity contribution in [2.24, 2.45) is 5.73 Å². The van der Waals surface area contributed by atoms with E-state index in [1.54, 1.807) is 13.2 Å². The Morgan fingerprint density at radius 3 is 2.71 bits per heavy atom. The van der Waals surface area contributed by atoms with E-state index in [0.29, 0.717) is 29.9 Å². The molecule has 24 heavy (non-hydrogen) atoms. The molecule has 1 aromatic carbocycles. The van der Waals surface area contributed by atoms with Crippen molar-refractivity contribution in [3.8, 4) is 5.75 Å². The van der Waals surface area contributed by atoms with Gasteiger partial charge in [0, 0.05) is 35.5 Å². The average molecular weight is 332 g/mol. The van der Waals surface area contributed by atoms with Crippen LogP contribution in [0.4, 0.5) is 0 Å². The zero-order valence-electron chi connectivity index (χ0n) is 14.6. The number of hydrogen-bond acceptors (Lipinski definition) is 5. The van der Waals surface area contributed by atoms with Crippen molar-refractivity contribution < 1.29 is 13.9 Å². The number of methoxy groups -OCH3 is 1. The molecule has 2 rings (SSSR count). The normalized spacial score (nSPS) is 11.5. The number of carbonyl (C=O) groups excluding carboxylic acids is 1. The molecule has 6 heteroatoms. The van der Waals surface area contributed by atoms with E-state index in [4.69, 9.17) is 14.9 Å². The lowest BCUT2D eigenvalue weighted by atomic mass is 10.0. The summed E-state index contributed by atoms with van der Waals surface area (Å²) in [6.45, 7) is 5.92. The van der Waals surface area contributed by atoms with E-state index in [-0.39, 0.29) is 12.3 Å². The maximum Gasteiger partial charge on any atom is 0.339 e. The highest BCUT2D eigenvalue weighted by Crippen LogP contribution is 2.24. The first-order valence-corrected chi connectivity index (χ1v) is 7.87. The fraction of sp³-hybridized carbons (Fsp3) is 0.444. The van der Waals surface area contributed by atoms with Gasteiger partial charge in [-0.1, -0.05) is 0 Å². The smallest absolute Gasteiger partial charge is 0.339 e. The van der Waals surface area contributed by atoms with Gasteiger partial charge < -0.3 is 20.2 Å². The second-order valence-corrected chi connectivity index (χ2v) is 6.62. The summed E-state index contributed by atoms with van der Waals surface area (Å²) < 4.78 is 10.5. The predicted octanol–water partition coefficient (Wildman–Crippen LogP) is 1.90. The number of amides is 1. The molecule has 0 fully saturated rings. The Morgan fingerprint density at radius 1 is 1.38 bits per heavy atom. The van der Waals surface area contributed by atoms with Crippen molar-refractivity contribution in [3.63, 3.8) is 0 Å². The number of nitrogens with two attached hydrogens (primary N) is 1. The van der Waals surface area contributed by atoms with Gasteiger partial charge in [0.15, 0.2) is 0 Å². The zero-order valence-corrected chi connectivity index (χ0v) is 14.6. The number of benzene rings is 1. The molecule has 0 spiro atoms. The SMILES string of the molecule is COc1ccc2c(C)c(CCC(=O)NCC(C)(C)N)c(=O)oc2c1. The van der Waals surface area contributed by atoms with Gasteiger partial charge in [0.05, 0.1) is 7.11 Å². The van der Waals surface area contributed by atoms with Crippen LogP contribution in [-0.2, 0) is 11.2 Å². The van der Waals surface area contributed by atoms with Crippen LogP contribution in [0.3, 0.4) is 0 Å². The van der Waals surface area contributed by atoms with Crippen molar-refractivity contribution in [1.29, 1.82) is 0 Å². The molecule has 0 atom stereocenters. The Kier molecular flexibility index (Phi) is 5.29. The molecule has 1 heterocycles. The van der Waals surface area contributed by atoms with E-state index in [1.165, 1.54) is 0 Å². The first-order valence-electron chi connectivity index (χ1n) is 7.87. The molecule has 0 saturated heterocycles. The summed E-state index contributed by atoms with van der Waals surface area (Å²) in [4.78, 5) is 24.1. The minimum atomic E-state index is -0.466. The highest BCUT2D eigenvalue weighted by Gasteiger charge is 2.15. The van der Waals surface area contributed by atoms with Crippen LogP contribution in [0.25, 0.3) is 11.0 Å². The van der Waals surface area contributed by atoms with Crippen LogP contribution >= 0.6 is 0 Å². The third-order valence-electron chi connectivity index (χ3n) is 3.84. The maximum atomic E-state index is 12.2. The van der Waals surface area contributed by atoms with Crippen LogP contribution in [0.2, 0.25) is 0 Å². The quantitative estimate of drug-likeness (QED) is 0.788. The minimum absolute atomic E-state index is 0.137. The van der Waals surface area contributed by atoms with Crippen LogP contribution in [-0.4, -0.2) is 25.1 Å². The summed E-state index contributed by atoms with van der Waals surface area (Å²) >= 11 is 0. The van der Waals surface area contributed by atoms with Gasteiger partial charge in [0.25, 0.3) is 0 Å². The average Bonchev–Trinajstić information content (AvgIpc) is 2.51. The van der Waals surface area contributed by atoms with Crippen LogP contribution in [0.15, 0.2) is 27.4 Å². The Bertz CT molecular complexity index is 803. The van der Waals surface area contributed by atoms with Gasteiger partial charge in [0.2, 0.25) is 5.91 Å². The topological polar surface area (TPSA) is 94.6 Å². The fourth-order valence-corrected chi connectivity index (χ4v) is 2.44. The number of rotatable bonds is 6. The van der Waals surface area contributed by atoms with Crippen LogP contribution in [0.1, 0.15) is 31.4 Å². The van der Waals surface area contributed by atoms with Gasteiger partial charge in [-0.15, -0.1) is 0 Å². The van der Waals surface area contributed by atoms with E-state index in [2.05, 4.69) is 5.32 Å². The monoisotopic (exact) mass is 332 g/mol. The molecule has 1 amide bonds. The number of ether oxygens (including phenoxy) is 1. The van der Waals surface area contributed by atoms with Gasteiger partial charge in [0.1, 0.15) is 11.3 Å². The predicted molar refractivity (Wildman–Crippen MR) is 93.4 cm³/mol. The molecular formula is C18H24N2O4. The molecule has 0 aliphatic carbocycles. The van der Waals surface area contributed by atoms with E-state index < -0.39 is 11.2 Å². The van der Waals surface area contributed by atoms with Gasteiger partial charge >= 0.3 is 5.63 Å². The number of fused-ring (bicyclic) bond motifs is 1. The molecule has 130 valence electrons. The molecule has 0 bridgehead atoms. The number of nitrogens with one attached hydrogen (secondary N) is 1. The van der Waals surface area contributed by atoms with Gasteiger partial charge in [-0.2, -0.15) is 0 Å². The Morgan fingerprint density at radius 2 is 2.08 bits per heavy atom. The van der Waals surface area contributed by atoms with Crippen LogP contribution in [0.5, 0.6) is 5.75 Å². The number of aryl methyl sites for hydroxylation is 1. The molecular weight excluding hydrogens is 308 g/mol. The number of hydrogen-bond donors (Lipinski definition) is 2. The lowest BCUT2D eigenvalue weighted by Crippen LogP contribution is -2.45. The zero-order chi connectivity index (χ0) is 17.9.